The fourth-order valence-electron chi connectivity index (χ4n) is 2.17. The summed E-state index contributed by atoms with van der Waals surface area (Å²) in [6.07, 6.45) is 4.92. The van der Waals surface area contributed by atoms with Crippen LogP contribution in [0.2, 0.25) is 0 Å². The Hall–Kier alpha value is -3.14. The van der Waals surface area contributed by atoms with E-state index in [9.17, 15) is 9.59 Å². The Morgan fingerprint density at radius 1 is 0.682 bits per heavy atom. The van der Waals surface area contributed by atoms with Gasteiger partial charge in [-0.2, -0.15) is 0 Å². The Morgan fingerprint density at radius 2 is 1.14 bits per heavy atom. The first-order valence-corrected chi connectivity index (χ1v) is 6.73. The van der Waals surface area contributed by atoms with Crippen LogP contribution in [0.4, 0.5) is 0 Å². The van der Waals surface area contributed by atoms with Gasteiger partial charge in [0.05, 0.1) is 23.8 Å². The number of benzene rings is 2. The molecule has 1 heterocycles. The van der Waals surface area contributed by atoms with Crippen molar-refractivity contribution >= 4 is 12.6 Å². The molecule has 0 aliphatic heterocycles. The molecule has 0 bridgehead atoms. The molecule has 0 fully saturated rings. The largest absolute Gasteiger partial charge is 0.298 e. The second kappa shape index (κ2) is 6.10. The van der Waals surface area contributed by atoms with Gasteiger partial charge in [-0.25, -0.2) is 0 Å². The molecule has 0 unspecified atom stereocenters. The minimum absolute atomic E-state index is 0.599. The Labute approximate surface area is 127 Å². The number of hydrogen-bond donors (Lipinski definition) is 0. The predicted molar refractivity (Wildman–Crippen MR) is 83.7 cm³/mol. The molecule has 3 aromatic rings. The summed E-state index contributed by atoms with van der Waals surface area (Å²) in [6.45, 7) is 0. The molecule has 0 saturated carbocycles. The highest BCUT2D eigenvalue weighted by Crippen LogP contribution is 2.21. The van der Waals surface area contributed by atoms with Gasteiger partial charge in [0.1, 0.15) is 12.6 Å². The smallest absolute Gasteiger partial charge is 0.150 e. The van der Waals surface area contributed by atoms with Crippen LogP contribution in [-0.2, 0) is 0 Å². The second-order valence-electron chi connectivity index (χ2n) is 4.77. The maximum atomic E-state index is 10.8. The van der Waals surface area contributed by atoms with Gasteiger partial charge < -0.3 is 0 Å². The zero-order valence-electron chi connectivity index (χ0n) is 11.6. The van der Waals surface area contributed by atoms with E-state index >= 15 is 0 Å². The topological polar surface area (TPSA) is 59.9 Å². The maximum Gasteiger partial charge on any atom is 0.150 e. The number of aldehydes is 2. The quantitative estimate of drug-likeness (QED) is 0.690. The molecule has 0 atom stereocenters. The van der Waals surface area contributed by atoms with Crippen molar-refractivity contribution < 1.29 is 9.59 Å². The van der Waals surface area contributed by atoms with E-state index in [1.165, 1.54) is 0 Å². The Bertz CT molecular complexity index is 756. The highest BCUT2D eigenvalue weighted by atomic mass is 16.1. The molecule has 22 heavy (non-hydrogen) atoms. The van der Waals surface area contributed by atoms with Crippen molar-refractivity contribution in [2.45, 2.75) is 0 Å². The molecule has 4 nitrogen and oxygen atoms in total. The maximum absolute atomic E-state index is 10.8. The van der Waals surface area contributed by atoms with Crippen LogP contribution in [0.25, 0.3) is 22.5 Å². The molecule has 3 rings (SSSR count). The summed E-state index contributed by atoms with van der Waals surface area (Å²) in [6, 6.07) is 14.4. The van der Waals surface area contributed by atoms with Crippen molar-refractivity contribution in [3.63, 3.8) is 0 Å². The van der Waals surface area contributed by atoms with E-state index in [0.29, 0.717) is 22.5 Å². The van der Waals surface area contributed by atoms with Crippen LogP contribution in [0.3, 0.4) is 0 Å². The molecule has 0 amide bonds. The second-order valence-corrected chi connectivity index (χ2v) is 4.77. The van der Waals surface area contributed by atoms with Crippen LogP contribution in [0, 0.1) is 0 Å². The van der Waals surface area contributed by atoms with E-state index in [1.807, 2.05) is 24.3 Å². The average molecular weight is 288 g/mol. The van der Waals surface area contributed by atoms with Gasteiger partial charge in [-0.05, 0) is 12.1 Å². The number of aromatic nitrogens is 2. The summed E-state index contributed by atoms with van der Waals surface area (Å²) in [5, 5.41) is 0. The molecule has 106 valence electrons. The SMILES string of the molecule is O=Cc1cccc(-c2cnc(-c3cccc(C=O)c3)cn2)c1. The summed E-state index contributed by atoms with van der Waals surface area (Å²) < 4.78 is 0. The van der Waals surface area contributed by atoms with Gasteiger partial charge in [-0.1, -0.05) is 36.4 Å². The van der Waals surface area contributed by atoms with Crippen LogP contribution < -0.4 is 0 Å². The molecule has 0 aliphatic rings. The zero-order valence-corrected chi connectivity index (χ0v) is 11.6. The first kappa shape index (κ1) is 13.8. The van der Waals surface area contributed by atoms with Crippen molar-refractivity contribution in [1.29, 1.82) is 0 Å². The van der Waals surface area contributed by atoms with Crippen LogP contribution in [0.5, 0.6) is 0 Å². The number of carbonyl (C=O) groups is 2. The van der Waals surface area contributed by atoms with Crippen LogP contribution in [0.15, 0.2) is 60.9 Å². The van der Waals surface area contributed by atoms with Crippen LogP contribution in [0.1, 0.15) is 20.7 Å². The monoisotopic (exact) mass is 288 g/mol. The van der Waals surface area contributed by atoms with E-state index in [2.05, 4.69) is 9.97 Å². The summed E-state index contributed by atoms with van der Waals surface area (Å²) >= 11 is 0. The van der Waals surface area contributed by atoms with Crippen molar-refractivity contribution in [2.24, 2.45) is 0 Å². The third-order valence-electron chi connectivity index (χ3n) is 3.29. The first-order valence-electron chi connectivity index (χ1n) is 6.73. The molecule has 1 aromatic heterocycles. The fraction of sp³-hybridized carbons (Fsp3) is 0. The van der Waals surface area contributed by atoms with Gasteiger partial charge in [-0.15, -0.1) is 0 Å². The third kappa shape index (κ3) is 2.81. The lowest BCUT2D eigenvalue weighted by molar-refractivity contribution is 0.111. The lowest BCUT2D eigenvalue weighted by atomic mass is 10.1. The van der Waals surface area contributed by atoms with Gasteiger partial charge in [0.2, 0.25) is 0 Å². The average Bonchev–Trinajstić information content (AvgIpc) is 2.62. The zero-order chi connectivity index (χ0) is 15.4. The van der Waals surface area contributed by atoms with Crippen molar-refractivity contribution in [3.8, 4) is 22.5 Å². The number of carbonyl (C=O) groups excluding carboxylic acids is 2. The Balaban J connectivity index is 1.95. The van der Waals surface area contributed by atoms with Crippen LogP contribution >= 0.6 is 0 Å². The van der Waals surface area contributed by atoms with Gasteiger partial charge in [0, 0.05) is 22.3 Å². The lowest BCUT2D eigenvalue weighted by Crippen LogP contribution is -1.91. The van der Waals surface area contributed by atoms with Crippen LogP contribution in [-0.4, -0.2) is 22.5 Å². The standard InChI is InChI=1S/C18H12N2O2/c21-11-13-3-1-5-15(7-13)17-9-20-18(10-19-17)16-6-2-4-14(8-16)12-22/h1-12H. The molecule has 0 radical (unpaired) electrons. The molecule has 0 N–H and O–H groups in total. The van der Waals surface area contributed by atoms with Gasteiger partial charge in [0.25, 0.3) is 0 Å². The minimum Gasteiger partial charge on any atom is -0.298 e. The predicted octanol–water partition coefficient (Wildman–Crippen LogP) is 3.44. The van der Waals surface area contributed by atoms with E-state index in [0.717, 1.165) is 23.7 Å². The van der Waals surface area contributed by atoms with Gasteiger partial charge >= 0.3 is 0 Å². The molecule has 4 heteroatoms. The fourth-order valence-corrected chi connectivity index (χ4v) is 2.17. The number of hydrogen-bond acceptors (Lipinski definition) is 4. The molecule has 0 spiro atoms. The number of rotatable bonds is 4. The molecule has 0 aliphatic carbocycles. The third-order valence-corrected chi connectivity index (χ3v) is 3.29. The van der Waals surface area contributed by atoms with Crippen molar-refractivity contribution in [2.75, 3.05) is 0 Å². The molecule has 0 saturated heterocycles. The Morgan fingerprint density at radius 3 is 1.50 bits per heavy atom. The first-order chi connectivity index (χ1) is 10.8. The van der Waals surface area contributed by atoms with Crippen molar-refractivity contribution in [1.82, 2.24) is 9.97 Å². The lowest BCUT2D eigenvalue weighted by Gasteiger charge is -2.04. The van der Waals surface area contributed by atoms with Gasteiger partial charge in [0.15, 0.2) is 0 Å². The summed E-state index contributed by atoms with van der Waals surface area (Å²) in [5.74, 6) is 0. The van der Waals surface area contributed by atoms with Gasteiger partial charge in [-0.3, -0.25) is 19.6 Å². The number of nitrogens with zero attached hydrogens (tertiary/aromatic N) is 2. The molecule has 2 aromatic carbocycles. The van der Waals surface area contributed by atoms with E-state index in [-0.39, 0.29) is 0 Å². The van der Waals surface area contributed by atoms with E-state index in [1.54, 1.807) is 36.7 Å². The summed E-state index contributed by atoms with van der Waals surface area (Å²) in [7, 11) is 0. The summed E-state index contributed by atoms with van der Waals surface area (Å²) in [4.78, 5) is 30.4. The molecular weight excluding hydrogens is 276 g/mol. The normalized spacial score (nSPS) is 10.2. The Kier molecular flexibility index (Phi) is 3.83. The molecular formula is C18H12N2O2. The van der Waals surface area contributed by atoms with E-state index < -0.39 is 0 Å². The van der Waals surface area contributed by atoms with Crippen molar-refractivity contribution in [3.05, 3.63) is 72.1 Å². The van der Waals surface area contributed by atoms with E-state index in [4.69, 9.17) is 0 Å². The highest BCUT2D eigenvalue weighted by Gasteiger charge is 2.04. The highest BCUT2D eigenvalue weighted by molar-refractivity contribution is 5.79. The minimum atomic E-state index is 0.599. The summed E-state index contributed by atoms with van der Waals surface area (Å²) in [5.41, 5.74) is 4.26.